The van der Waals surface area contributed by atoms with Gasteiger partial charge in [0.1, 0.15) is 5.82 Å². The van der Waals surface area contributed by atoms with Gasteiger partial charge in [-0.15, -0.1) is 0 Å². The first-order valence-corrected chi connectivity index (χ1v) is 10.3. The van der Waals surface area contributed by atoms with Crippen molar-refractivity contribution in [2.45, 2.75) is 11.8 Å². The largest absolute Gasteiger partial charge is 0.379 e. The highest BCUT2D eigenvalue weighted by Gasteiger charge is 2.28. The van der Waals surface area contributed by atoms with Gasteiger partial charge in [0.15, 0.2) is 0 Å². The van der Waals surface area contributed by atoms with Crippen LogP contribution in [0.3, 0.4) is 0 Å². The molecule has 1 N–H and O–H groups in total. The Balaban J connectivity index is 1.70. The van der Waals surface area contributed by atoms with Crippen LogP contribution in [-0.4, -0.2) is 49.0 Å². The fourth-order valence-electron chi connectivity index (χ4n) is 3.18. The molecule has 1 aromatic heterocycles. The summed E-state index contributed by atoms with van der Waals surface area (Å²) in [5.41, 5.74) is 3.39. The Labute approximate surface area is 158 Å². The number of aromatic nitrogens is 2. The smallest absolute Gasteiger partial charge is 0.243 e. The number of hydrogen-bond acceptors (Lipinski definition) is 4. The van der Waals surface area contributed by atoms with Crippen molar-refractivity contribution in [3.8, 4) is 22.6 Å². The predicted molar refractivity (Wildman–Crippen MR) is 104 cm³/mol. The van der Waals surface area contributed by atoms with E-state index in [2.05, 4.69) is 9.97 Å². The van der Waals surface area contributed by atoms with Crippen LogP contribution in [0, 0.1) is 6.92 Å². The van der Waals surface area contributed by atoms with Crippen molar-refractivity contribution in [2.24, 2.45) is 0 Å². The predicted octanol–water partition coefficient (Wildman–Crippen LogP) is 3.07. The van der Waals surface area contributed by atoms with Gasteiger partial charge in [-0.3, -0.25) is 0 Å². The van der Waals surface area contributed by atoms with Crippen LogP contribution >= 0.6 is 0 Å². The van der Waals surface area contributed by atoms with Gasteiger partial charge in [-0.1, -0.05) is 42.5 Å². The monoisotopic (exact) mass is 383 g/mol. The minimum Gasteiger partial charge on any atom is -0.379 e. The van der Waals surface area contributed by atoms with E-state index in [1.54, 1.807) is 12.3 Å². The van der Waals surface area contributed by atoms with Gasteiger partial charge in [-0.25, -0.2) is 13.4 Å². The molecule has 1 fully saturated rings. The van der Waals surface area contributed by atoms with Crippen molar-refractivity contribution in [1.82, 2.24) is 14.3 Å². The molecule has 0 unspecified atom stereocenters. The maximum Gasteiger partial charge on any atom is 0.243 e. The molecule has 0 radical (unpaired) electrons. The topological polar surface area (TPSA) is 75.3 Å². The molecule has 1 saturated heterocycles. The number of aryl methyl sites for hydroxylation is 1. The Bertz CT molecular complexity index is 1040. The van der Waals surface area contributed by atoms with Crippen molar-refractivity contribution in [3.63, 3.8) is 0 Å². The zero-order chi connectivity index (χ0) is 18.9. The van der Waals surface area contributed by atoms with E-state index in [9.17, 15) is 8.42 Å². The number of aromatic amines is 1. The molecule has 0 saturated carbocycles. The number of morpholine rings is 1. The zero-order valence-electron chi connectivity index (χ0n) is 15.1. The molecule has 4 rings (SSSR count). The van der Waals surface area contributed by atoms with E-state index in [0.717, 1.165) is 22.4 Å². The van der Waals surface area contributed by atoms with Gasteiger partial charge in [0, 0.05) is 18.7 Å². The fraction of sp³-hybridized carbons (Fsp3) is 0.250. The Hall–Kier alpha value is -2.48. The van der Waals surface area contributed by atoms with E-state index < -0.39 is 10.0 Å². The standard InChI is InChI=1S/C20H21N3O3S/c1-15-7-8-17(13-19(15)27(24,25)23-9-11-26-12-10-23)20-21-14-18(22-20)16-5-3-2-4-6-16/h2-8,13-14H,9-12H2,1H3,(H,21,22). The van der Waals surface area contributed by atoms with Crippen LogP contribution in [0.2, 0.25) is 0 Å². The summed E-state index contributed by atoms with van der Waals surface area (Å²) in [6, 6.07) is 15.3. The number of rotatable bonds is 4. The highest BCUT2D eigenvalue weighted by molar-refractivity contribution is 7.89. The number of imidazole rings is 1. The van der Waals surface area contributed by atoms with Gasteiger partial charge in [0.25, 0.3) is 0 Å². The molecule has 0 bridgehead atoms. The first kappa shape index (κ1) is 17.9. The van der Waals surface area contributed by atoms with E-state index >= 15 is 0 Å². The highest BCUT2D eigenvalue weighted by Crippen LogP contribution is 2.27. The van der Waals surface area contributed by atoms with E-state index in [4.69, 9.17) is 4.74 Å². The van der Waals surface area contributed by atoms with Gasteiger partial charge in [-0.2, -0.15) is 4.31 Å². The molecule has 3 aromatic rings. The normalized spacial score (nSPS) is 15.7. The van der Waals surface area contributed by atoms with Crippen LogP contribution in [0.5, 0.6) is 0 Å². The summed E-state index contributed by atoms with van der Waals surface area (Å²) in [5, 5.41) is 0. The average Bonchev–Trinajstić information content (AvgIpc) is 3.20. The SMILES string of the molecule is Cc1ccc(-c2ncc(-c3ccccc3)[nH]2)cc1S(=O)(=O)N1CCOCC1. The third kappa shape index (κ3) is 3.53. The second kappa shape index (κ2) is 7.26. The number of nitrogens with one attached hydrogen (secondary N) is 1. The summed E-state index contributed by atoms with van der Waals surface area (Å²) in [6.45, 7) is 3.43. The molecule has 1 aliphatic rings. The van der Waals surface area contributed by atoms with Gasteiger partial charge in [0.2, 0.25) is 10.0 Å². The third-order valence-electron chi connectivity index (χ3n) is 4.71. The maximum atomic E-state index is 13.1. The number of hydrogen-bond donors (Lipinski definition) is 1. The number of H-pyrrole nitrogens is 1. The number of ether oxygens (including phenoxy) is 1. The summed E-state index contributed by atoms with van der Waals surface area (Å²) in [7, 11) is -3.56. The van der Waals surface area contributed by atoms with Gasteiger partial charge in [-0.05, 0) is 24.1 Å². The summed E-state index contributed by atoms with van der Waals surface area (Å²) < 4.78 is 32.9. The highest BCUT2D eigenvalue weighted by atomic mass is 32.2. The summed E-state index contributed by atoms with van der Waals surface area (Å²) in [6.07, 6.45) is 1.76. The van der Waals surface area contributed by atoms with E-state index in [1.165, 1.54) is 4.31 Å². The Kier molecular flexibility index (Phi) is 4.82. The number of sulfonamides is 1. The second-order valence-corrected chi connectivity index (χ2v) is 8.41. The lowest BCUT2D eigenvalue weighted by Crippen LogP contribution is -2.40. The van der Waals surface area contributed by atoms with Gasteiger partial charge < -0.3 is 9.72 Å². The lowest BCUT2D eigenvalue weighted by molar-refractivity contribution is 0.0730. The van der Waals surface area contributed by atoms with Crippen LogP contribution in [0.15, 0.2) is 59.6 Å². The molecule has 2 heterocycles. The molecule has 2 aromatic carbocycles. The van der Waals surface area contributed by atoms with Crippen molar-refractivity contribution in [2.75, 3.05) is 26.3 Å². The van der Waals surface area contributed by atoms with Crippen molar-refractivity contribution in [3.05, 3.63) is 60.3 Å². The van der Waals surface area contributed by atoms with E-state index in [0.29, 0.717) is 37.0 Å². The maximum absolute atomic E-state index is 13.1. The molecule has 1 aliphatic heterocycles. The van der Waals surface area contributed by atoms with Gasteiger partial charge in [0.05, 0.1) is 30.0 Å². The average molecular weight is 383 g/mol. The summed E-state index contributed by atoms with van der Waals surface area (Å²) in [5.74, 6) is 0.646. The van der Waals surface area contributed by atoms with E-state index in [1.807, 2.05) is 49.4 Å². The molecule has 27 heavy (non-hydrogen) atoms. The van der Waals surface area contributed by atoms with E-state index in [-0.39, 0.29) is 0 Å². The lowest BCUT2D eigenvalue weighted by Gasteiger charge is -2.26. The van der Waals surface area contributed by atoms with Crippen molar-refractivity contribution in [1.29, 1.82) is 0 Å². The molecular weight excluding hydrogens is 362 g/mol. The second-order valence-electron chi connectivity index (χ2n) is 6.51. The summed E-state index contributed by atoms with van der Waals surface area (Å²) >= 11 is 0. The van der Waals surface area contributed by atoms with Crippen LogP contribution < -0.4 is 0 Å². The molecule has 6 nitrogen and oxygen atoms in total. The minimum atomic E-state index is -3.56. The first-order chi connectivity index (χ1) is 13.1. The number of nitrogens with zero attached hydrogens (tertiary/aromatic N) is 2. The quantitative estimate of drug-likeness (QED) is 0.751. The van der Waals surface area contributed by atoms with Crippen LogP contribution in [0.4, 0.5) is 0 Å². The number of benzene rings is 2. The molecule has 7 heteroatoms. The first-order valence-electron chi connectivity index (χ1n) is 8.85. The minimum absolute atomic E-state index is 0.319. The Morgan fingerprint density at radius 1 is 1.04 bits per heavy atom. The summed E-state index contributed by atoms with van der Waals surface area (Å²) in [4.78, 5) is 8.05. The van der Waals surface area contributed by atoms with Crippen molar-refractivity contribution >= 4 is 10.0 Å². The van der Waals surface area contributed by atoms with Gasteiger partial charge >= 0.3 is 0 Å². The van der Waals surface area contributed by atoms with Crippen LogP contribution in [0.1, 0.15) is 5.56 Å². The Morgan fingerprint density at radius 3 is 2.52 bits per heavy atom. The molecule has 0 atom stereocenters. The zero-order valence-corrected chi connectivity index (χ0v) is 15.9. The molecule has 0 aliphatic carbocycles. The van der Waals surface area contributed by atoms with Crippen LogP contribution in [-0.2, 0) is 14.8 Å². The fourth-order valence-corrected chi connectivity index (χ4v) is 4.84. The van der Waals surface area contributed by atoms with Crippen LogP contribution in [0.25, 0.3) is 22.6 Å². The molecule has 140 valence electrons. The molecule has 0 amide bonds. The third-order valence-corrected chi connectivity index (χ3v) is 6.75. The van der Waals surface area contributed by atoms with Crippen molar-refractivity contribution < 1.29 is 13.2 Å². The molecule has 0 spiro atoms. The molecular formula is C20H21N3O3S. The Morgan fingerprint density at radius 2 is 1.78 bits per heavy atom. The lowest BCUT2D eigenvalue weighted by atomic mass is 10.1.